The van der Waals surface area contributed by atoms with E-state index in [9.17, 15) is 0 Å². The van der Waals surface area contributed by atoms with Gasteiger partial charge in [-0.3, -0.25) is 0 Å². The van der Waals surface area contributed by atoms with Gasteiger partial charge in [0.05, 0.1) is 5.69 Å². The van der Waals surface area contributed by atoms with Crippen molar-refractivity contribution in [1.82, 2.24) is 15.0 Å². The van der Waals surface area contributed by atoms with Gasteiger partial charge in [-0.1, -0.05) is 48.5 Å². The summed E-state index contributed by atoms with van der Waals surface area (Å²) in [6.07, 6.45) is 2.88. The van der Waals surface area contributed by atoms with Crippen molar-refractivity contribution in [3.8, 4) is 17.0 Å². The summed E-state index contributed by atoms with van der Waals surface area (Å²) in [6.45, 7) is 5.46. The zero-order valence-electron chi connectivity index (χ0n) is 20.0. The predicted molar refractivity (Wildman–Crippen MR) is 143 cm³/mol. The molecule has 2 heterocycles. The molecule has 0 aliphatic carbocycles. The first-order valence-electron chi connectivity index (χ1n) is 11.8. The normalized spacial score (nSPS) is 11.0. The minimum absolute atomic E-state index is 0.262. The predicted octanol–water partition coefficient (Wildman–Crippen LogP) is 6.06. The third kappa shape index (κ3) is 5.11. The number of anilines is 2. The Bertz CT molecular complexity index is 1460. The molecule has 3 aromatic carbocycles. The van der Waals surface area contributed by atoms with Crippen LogP contribution in [-0.4, -0.2) is 21.5 Å². The fourth-order valence-electron chi connectivity index (χ4n) is 4.24. The number of nitrogens with two attached hydrogens (primary N) is 1. The molecule has 0 unspecified atom stereocenters. The van der Waals surface area contributed by atoms with E-state index in [-0.39, 0.29) is 5.95 Å². The highest BCUT2D eigenvalue weighted by Gasteiger charge is 2.10. The van der Waals surface area contributed by atoms with E-state index in [1.165, 1.54) is 16.7 Å². The van der Waals surface area contributed by atoms with E-state index in [1.807, 2.05) is 36.4 Å². The molecular formula is C29H29N5O. The molecule has 2 aromatic heterocycles. The van der Waals surface area contributed by atoms with Gasteiger partial charge in [-0.2, -0.15) is 4.98 Å². The van der Waals surface area contributed by atoms with Crippen LogP contribution < -0.4 is 15.8 Å². The summed E-state index contributed by atoms with van der Waals surface area (Å²) in [6, 6.07) is 24.5. The lowest BCUT2D eigenvalue weighted by molar-refractivity contribution is 0.306. The first-order chi connectivity index (χ1) is 17.1. The zero-order chi connectivity index (χ0) is 24.2. The highest BCUT2D eigenvalue weighted by Crippen LogP contribution is 2.27. The molecule has 4 N–H and O–H groups in total. The zero-order valence-corrected chi connectivity index (χ0v) is 20.0. The first kappa shape index (κ1) is 22.5. The van der Waals surface area contributed by atoms with Gasteiger partial charge in [0.2, 0.25) is 5.95 Å². The van der Waals surface area contributed by atoms with Crippen LogP contribution in [0.15, 0.2) is 79.0 Å². The summed E-state index contributed by atoms with van der Waals surface area (Å²) < 4.78 is 6.02. The minimum atomic E-state index is 0.262. The molecule has 0 radical (unpaired) electrons. The average molecular weight is 464 g/mol. The Morgan fingerprint density at radius 2 is 1.80 bits per heavy atom. The quantitative estimate of drug-likeness (QED) is 0.260. The standard InChI is InChI=1S/C29H29N5O/c1-19-7-6-10-24(20(19)2)27-16-28(34-29(30)33-27)31-14-13-22-17-32-26-12-11-23(15-25(22)26)35-18-21-8-4-3-5-9-21/h3-12,15-17,32H,13-14,18H2,1-2H3,(H3,30,31,33,34). The molecule has 5 aromatic rings. The van der Waals surface area contributed by atoms with Crippen LogP contribution in [0.2, 0.25) is 0 Å². The van der Waals surface area contributed by atoms with Crippen LogP contribution in [-0.2, 0) is 13.0 Å². The number of hydrogen-bond donors (Lipinski definition) is 3. The number of aryl methyl sites for hydroxylation is 1. The molecular weight excluding hydrogens is 434 g/mol. The Morgan fingerprint density at radius 1 is 0.943 bits per heavy atom. The maximum atomic E-state index is 6.03. The SMILES string of the molecule is Cc1cccc(-c2cc(NCCc3c[nH]c4ccc(OCc5ccccc5)cc34)nc(N)n2)c1C. The largest absolute Gasteiger partial charge is 0.489 e. The van der Waals surface area contributed by atoms with E-state index >= 15 is 0 Å². The van der Waals surface area contributed by atoms with Crippen LogP contribution >= 0.6 is 0 Å². The fraction of sp³-hybridized carbons (Fsp3) is 0.172. The second-order valence-electron chi connectivity index (χ2n) is 8.72. The molecule has 35 heavy (non-hydrogen) atoms. The topological polar surface area (TPSA) is 88.8 Å². The number of H-pyrrole nitrogens is 1. The molecule has 0 saturated heterocycles. The van der Waals surface area contributed by atoms with Crippen molar-refractivity contribution in [2.24, 2.45) is 0 Å². The van der Waals surface area contributed by atoms with Gasteiger partial charge in [-0.05, 0) is 60.7 Å². The molecule has 6 nitrogen and oxygen atoms in total. The highest BCUT2D eigenvalue weighted by molar-refractivity contribution is 5.84. The first-order valence-corrected chi connectivity index (χ1v) is 11.8. The number of nitrogen functional groups attached to an aromatic ring is 1. The maximum Gasteiger partial charge on any atom is 0.222 e. The third-order valence-corrected chi connectivity index (χ3v) is 6.31. The average Bonchev–Trinajstić information content (AvgIpc) is 3.27. The van der Waals surface area contributed by atoms with Crippen molar-refractivity contribution < 1.29 is 4.74 Å². The Hall–Kier alpha value is -4.32. The summed E-state index contributed by atoms with van der Waals surface area (Å²) in [4.78, 5) is 12.2. The van der Waals surface area contributed by atoms with Crippen molar-refractivity contribution in [3.05, 3.63) is 101 Å². The maximum absolute atomic E-state index is 6.03. The van der Waals surface area contributed by atoms with E-state index in [1.54, 1.807) is 0 Å². The lowest BCUT2D eigenvalue weighted by Crippen LogP contribution is -2.08. The number of nitrogens with one attached hydrogen (secondary N) is 2. The van der Waals surface area contributed by atoms with Crippen LogP contribution in [0.25, 0.3) is 22.2 Å². The van der Waals surface area contributed by atoms with Gasteiger partial charge in [0.15, 0.2) is 0 Å². The smallest absolute Gasteiger partial charge is 0.222 e. The van der Waals surface area contributed by atoms with Gasteiger partial charge < -0.3 is 20.8 Å². The Morgan fingerprint density at radius 3 is 2.66 bits per heavy atom. The lowest BCUT2D eigenvalue weighted by Gasteiger charge is -2.11. The van der Waals surface area contributed by atoms with Crippen LogP contribution in [0.1, 0.15) is 22.3 Å². The number of fused-ring (bicyclic) bond motifs is 1. The molecule has 5 rings (SSSR count). The van der Waals surface area contributed by atoms with Crippen LogP contribution in [0.3, 0.4) is 0 Å². The monoisotopic (exact) mass is 463 g/mol. The molecule has 0 amide bonds. The van der Waals surface area contributed by atoms with Gasteiger partial charge in [0.25, 0.3) is 0 Å². The lowest BCUT2D eigenvalue weighted by atomic mass is 10.0. The van der Waals surface area contributed by atoms with Crippen molar-refractivity contribution in [3.63, 3.8) is 0 Å². The fourth-order valence-corrected chi connectivity index (χ4v) is 4.24. The molecule has 6 heteroatoms. The van der Waals surface area contributed by atoms with E-state index in [4.69, 9.17) is 10.5 Å². The van der Waals surface area contributed by atoms with Crippen molar-refractivity contribution in [1.29, 1.82) is 0 Å². The molecule has 0 bridgehead atoms. The van der Waals surface area contributed by atoms with Crippen molar-refractivity contribution in [2.75, 3.05) is 17.6 Å². The van der Waals surface area contributed by atoms with E-state index in [0.29, 0.717) is 13.2 Å². The van der Waals surface area contributed by atoms with Gasteiger partial charge in [-0.25, -0.2) is 4.98 Å². The van der Waals surface area contributed by atoms with Crippen LogP contribution in [0, 0.1) is 13.8 Å². The summed E-state index contributed by atoms with van der Waals surface area (Å²) in [5, 5.41) is 4.58. The number of nitrogens with zero attached hydrogens (tertiary/aromatic N) is 2. The molecule has 0 spiro atoms. The summed E-state index contributed by atoms with van der Waals surface area (Å²) >= 11 is 0. The van der Waals surface area contributed by atoms with E-state index in [2.05, 4.69) is 76.7 Å². The molecule has 0 fully saturated rings. The van der Waals surface area contributed by atoms with Crippen LogP contribution in [0.4, 0.5) is 11.8 Å². The summed E-state index contributed by atoms with van der Waals surface area (Å²) in [5.74, 6) is 1.84. The summed E-state index contributed by atoms with van der Waals surface area (Å²) in [5.41, 5.74) is 13.8. The number of aromatic amines is 1. The number of rotatable bonds is 8. The van der Waals surface area contributed by atoms with E-state index in [0.717, 1.165) is 45.7 Å². The Balaban J connectivity index is 1.27. The Labute approximate surface area is 205 Å². The number of ether oxygens (including phenoxy) is 1. The van der Waals surface area contributed by atoms with Gasteiger partial charge in [0.1, 0.15) is 18.2 Å². The van der Waals surface area contributed by atoms with Gasteiger partial charge in [-0.15, -0.1) is 0 Å². The second kappa shape index (κ2) is 9.89. The van der Waals surface area contributed by atoms with Gasteiger partial charge >= 0.3 is 0 Å². The summed E-state index contributed by atoms with van der Waals surface area (Å²) in [7, 11) is 0. The number of aromatic nitrogens is 3. The molecule has 176 valence electrons. The Kier molecular flexibility index (Phi) is 6.35. The number of benzene rings is 3. The van der Waals surface area contributed by atoms with Crippen molar-refractivity contribution in [2.45, 2.75) is 26.9 Å². The minimum Gasteiger partial charge on any atom is -0.489 e. The van der Waals surface area contributed by atoms with Crippen molar-refractivity contribution >= 4 is 22.7 Å². The van der Waals surface area contributed by atoms with Gasteiger partial charge in [0, 0.05) is 35.3 Å². The van der Waals surface area contributed by atoms with Crippen LogP contribution in [0.5, 0.6) is 5.75 Å². The van der Waals surface area contributed by atoms with E-state index < -0.39 is 0 Å². The molecule has 0 aliphatic rings. The molecule has 0 saturated carbocycles. The molecule has 0 aliphatic heterocycles. The third-order valence-electron chi connectivity index (χ3n) is 6.31. The molecule has 0 atom stereocenters. The highest BCUT2D eigenvalue weighted by atomic mass is 16.5. The second-order valence-corrected chi connectivity index (χ2v) is 8.72. The number of hydrogen-bond acceptors (Lipinski definition) is 5.